The third-order valence-electron chi connectivity index (χ3n) is 3.33. The molecule has 1 amide bonds. The summed E-state index contributed by atoms with van der Waals surface area (Å²) in [6.07, 6.45) is 0. The van der Waals surface area contributed by atoms with E-state index in [1.807, 2.05) is 30.3 Å². The van der Waals surface area contributed by atoms with Gasteiger partial charge in [-0.3, -0.25) is 10.0 Å². The van der Waals surface area contributed by atoms with Crippen LogP contribution in [0.1, 0.15) is 12.5 Å². The van der Waals surface area contributed by atoms with Gasteiger partial charge in [0, 0.05) is 11.4 Å². The number of rotatable bonds is 4. The maximum atomic E-state index is 13.5. The molecule has 0 aliphatic rings. The van der Waals surface area contributed by atoms with Gasteiger partial charge >= 0.3 is 0 Å². The molecule has 2 rings (SSSR count). The fourth-order valence-electron chi connectivity index (χ4n) is 2.17. The highest BCUT2D eigenvalue weighted by atomic mass is 19.1. The molecule has 0 spiro atoms. The van der Waals surface area contributed by atoms with Crippen LogP contribution >= 0.6 is 0 Å². The first-order chi connectivity index (χ1) is 10.0. The van der Waals surface area contributed by atoms with Crippen molar-refractivity contribution in [1.29, 1.82) is 0 Å². The number of nitrogens with one attached hydrogen (secondary N) is 1. The molecule has 2 N–H and O–H groups in total. The number of benzene rings is 2. The van der Waals surface area contributed by atoms with Gasteiger partial charge in [-0.15, -0.1) is 0 Å². The smallest absolute Gasteiger partial charge is 0.266 e. The molecule has 5 heteroatoms. The van der Waals surface area contributed by atoms with Crippen molar-refractivity contribution < 1.29 is 14.4 Å². The SMILES string of the molecule is Cc1cc(N(c2ccccc2)C(C)C(=O)NO)ccc1F. The number of hydrogen-bond acceptors (Lipinski definition) is 3. The Bertz CT molecular complexity index is 631. The highest BCUT2D eigenvalue weighted by Crippen LogP contribution is 2.29. The summed E-state index contributed by atoms with van der Waals surface area (Å²) in [6.45, 7) is 3.33. The van der Waals surface area contributed by atoms with Gasteiger partial charge in [0.05, 0.1) is 0 Å². The van der Waals surface area contributed by atoms with E-state index in [1.165, 1.54) is 6.07 Å². The number of anilines is 2. The molecule has 4 nitrogen and oxygen atoms in total. The number of amides is 1. The molecule has 110 valence electrons. The molecule has 1 unspecified atom stereocenters. The van der Waals surface area contributed by atoms with Crippen LogP contribution in [0.15, 0.2) is 48.5 Å². The minimum absolute atomic E-state index is 0.300. The second-order valence-electron chi connectivity index (χ2n) is 4.79. The second kappa shape index (κ2) is 6.37. The molecular weight excluding hydrogens is 271 g/mol. The largest absolute Gasteiger partial charge is 0.329 e. The number of carbonyl (C=O) groups excluding carboxylic acids is 1. The number of carbonyl (C=O) groups is 1. The van der Waals surface area contributed by atoms with E-state index in [0.717, 1.165) is 5.69 Å². The average Bonchev–Trinajstić information content (AvgIpc) is 2.51. The van der Waals surface area contributed by atoms with Crippen molar-refractivity contribution in [2.24, 2.45) is 0 Å². The Kier molecular flexibility index (Phi) is 4.55. The summed E-state index contributed by atoms with van der Waals surface area (Å²) < 4.78 is 13.5. The number of para-hydroxylation sites is 1. The van der Waals surface area contributed by atoms with Crippen molar-refractivity contribution in [3.05, 3.63) is 59.9 Å². The van der Waals surface area contributed by atoms with Crippen LogP contribution in [0, 0.1) is 12.7 Å². The minimum Gasteiger partial charge on any atom is -0.329 e. The predicted molar refractivity (Wildman–Crippen MR) is 79.1 cm³/mol. The van der Waals surface area contributed by atoms with Gasteiger partial charge in [-0.1, -0.05) is 18.2 Å². The molecule has 2 aromatic carbocycles. The van der Waals surface area contributed by atoms with E-state index >= 15 is 0 Å². The molecule has 0 radical (unpaired) electrons. The molecule has 0 fully saturated rings. The van der Waals surface area contributed by atoms with Crippen LogP contribution in [0.5, 0.6) is 0 Å². The third-order valence-corrected chi connectivity index (χ3v) is 3.33. The molecule has 0 bridgehead atoms. The summed E-state index contributed by atoms with van der Waals surface area (Å²) in [6, 6.07) is 13.3. The van der Waals surface area contributed by atoms with Crippen molar-refractivity contribution in [3.8, 4) is 0 Å². The van der Waals surface area contributed by atoms with Gasteiger partial charge < -0.3 is 4.90 Å². The summed E-state index contributed by atoms with van der Waals surface area (Å²) in [4.78, 5) is 13.5. The summed E-state index contributed by atoms with van der Waals surface area (Å²) in [5, 5.41) is 8.86. The van der Waals surface area contributed by atoms with E-state index < -0.39 is 11.9 Å². The highest BCUT2D eigenvalue weighted by Gasteiger charge is 2.23. The van der Waals surface area contributed by atoms with E-state index in [9.17, 15) is 9.18 Å². The van der Waals surface area contributed by atoms with E-state index in [1.54, 1.807) is 36.4 Å². The van der Waals surface area contributed by atoms with Gasteiger partial charge in [0.25, 0.3) is 5.91 Å². The van der Waals surface area contributed by atoms with Crippen molar-refractivity contribution in [2.45, 2.75) is 19.9 Å². The lowest BCUT2D eigenvalue weighted by atomic mass is 10.1. The Morgan fingerprint density at radius 2 is 1.86 bits per heavy atom. The second-order valence-corrected chi connectivity index (χ2v) is 4.79. The van der Waals surface area contributed by atoms with E-state index in [0.29, 0.717) is 11.3 Å². The zero-order chi connectivity index (χ0) is 15.4. The first-order valence-corrected chi connectivity index (χ1v) is 6.59. The molecule has 2 aromatic rings. The van der Waals surface area contributed by atoms with E-state index in [4.69, 9.17) is 5.21 Å². The number of hydrogen-bond donors (Lipinski definition) is 2. The number of halogens is 1. The van der Waals surface area contributed by atoms with Crippen molar-refractivity contribution in [1.82, 2.24) is 5.48 Å². The average molecular weight is 288 g/mol. The van der Waals surface area contributed by atoms with Gasteiger partial charge in [-0.05, 0) is 49.7 Å². The molecule has 21 heavy (non-hydrogen) atoms. The van der Waals surface area contributed by atoms with Crippen LogP contribution in [0.3, 0.4) is 0 Å². The van der Waals surface area contributed by atoms with Crippen LogP contribution in [-0.2, 0) is 4.79 Å². The van der Waals surface area contributed by atoms with Crippen molar-refractivity contribution in [2.75, 3.05) is 4.90 Å². The lowest BCUT2D eigenvalue weighted by molar-refractivity contribution is -0.130. The monoisotopic (exact) mass is 288 g/mol. The first kappa shape index (κ1) is 15.0. The molecule has 0 aliphatic heterocycles. The minimum atomic E-state index is -0.651. The zero-order valence-corrected chi connectivity index (χ0v) is 11.9. The van der Waals surface area contributed by atoms with Gasteiger partial charge in [-0.2, -0.15) is 0 Å². The van der Waals surface area contributed by atoms with Crippen molar-refractivity contribution in [3.63, 3.8) is 0 Å². The van der Waals surface area contributed by atoms with Gasteiger partial charge in [-0.25, -0.2) is 9.87 Å². The van der Waals surface area contributed by atoms with Crippen LogP contribution in [0.2, 0.25) is 0 Å². The van der Waals surface area contributed by atoms with Crippen LogP contribution in [0.25, 0.3) is 0 Å². The van der Waals surface area contributed by atoms with Crippen molar-refractivity contribution >= 4 is 17.3 Å². The number of aryl methyl sites for hydroxylation is 1. The summed E-state index contributed by atoms with van der Waals surface area (Å²) in [5.74, 6) is -0.841. The standard InChI is InChI=1S/C16H17FN2O2/c1-11-10-14(8-9-15(11)17)19(12(2)16(20)18-21)13-6-4-3-5-7-13/h3-10,12,21H,1-2H3,(H,18,20). The zero-order valence-electron chi connectivity index (χ0n) is 11.9. The van der Waals surface area contributed by atoms with E-state index in [-0.39, 0.29) is 5.82 Å². The molecule has 0 aliphatic carbocycles. The van der Waals surface area contributed by atoms with Crippen LogP contribution in [-0.4, -0.2) is 17.2 Å². The topological polar surface area (TPSA) is 52.6 Å². The van der Waals surface area contributed by atoms with Gasteiger partial charge in [0.1, 0.15) is 11.9 Å². The molecular formula is C16H17FN2O2. The summed E-state index contributed by atoms with van der Waals surface area (Å²) in [5.41, 5.74) is 3.60. The highest BCUT2D eigenvalue weighted by molar-refractivity contribution is 5.87. The predicted octanol–water partition coefficient (Wildman–Crippen LogP) is 3.17. The Labute approximate surface area is 122 Å². The maximum Gasteiger partial charge on any atom is 0.266 e. The first-order valence-electron chi connectivity index (χ1n) is 6.59. The molecule has 0 saturated heterocycles. The summed E-state index contributed by atoms with van der Waals surface area (Å²) in [7, 11) is 0. The lowest BCUT2D eigenvalue weighted by Gasteiger charge is -2.30. The third kappa shape index (κ3) is 3.20. The summed E-state index contributed by atoms with van der Waals surface area (Å²) >= 11 is 0. The number of nitrogens with zero attached hydrogens (tertiary/aromatic N) is 1. The Morgan fingerprint density at radius 1 is 1.19 bits per heavy atom. The lowest BCUT2D eigenvalue weighted by Crippen LogP contribution is -2.41. The molecule has 0 aromatic heterocycles. The van der Waals surface area contributed by atoms with Crippen LogP contribution in [0.4, 0.5) is 15.8 Å². The quantitative estimate of drug-likeness (QED) is 0.671. The fourth-order valence-corrected chi connectivity index (χ4v) is 2.17. The number of hydroxylamine groups is 1. The normalized spacial score (nSPS) is 11.8. The Morgan fingerprint density at radius 3 is 2.43 bits per heavy atom. The Hall–Kier alpha value is -2.40. The Balaban J connectivity index is 2.50. The van der Waals surface area contributed by atoms with Crippen LogP contribution < -0.4 is 10.4 Å². The van der Waals surface area contributed by atoms with Gasteiger partial charge in [0.2, 0.25) is 0 Å². The molecule has 0 heterocycles. The fraction of sp³-hybridized carbons (Fsp3) is 0.188. The van der Waals surface area contributed by atoms with Gasteiger partial charge in [0.15, 0.2) is 0 Å². The maximum absolute atomic E-state index is 13.5. The van der Waals surface area contributed by atoms with E-state index in [2.05, 4.69) is 0 Å². The molecule has 0 saturated carbocycles. The molecule has 1 atom stereocenters.